The van der Waals surface area contributed by atoms with Crippen LogP contribution < -0.4 is 0 Å². The van der Waals surface area contributed by atoms with Gasteiger partial charge in [-0.25, -0.2) is 0 Å². The van der Waals surface area contributed by atoms with Crippen LogP contribution in [0, 0.1) is 13.8 Å². The van der Waals surface area contributed by atoms with Gasteiger partial charge >= 0.3 is 32.2 Å². The first-order valence-corrected chi connectivity index (χ1v) is 17.9. The molecule has 0 aliphatic rings. The van der Waals surface area contributed by atoms with E-state index < -0.39 is 32.2 Å². The highest BCUT2D eigenvalue weighted by atomic mass is 32.2. The van der Waals surface area contributed by atoms with Crippen molar-refractivity contribution in [3.05, 3.63) is 59.7 Å². The summed E-state index contributed by atoms with van der Waals surface area (Å²) in [5.74, 6) is -1.33. The number of rotatable bonds is 16. The number of hydrogen-bond donors (Lipinski definition) is 0. The number of thioether (sulfide) groups is 2. The highest BCUT2D eigenvalue weighted by Crippen LogP contribution is 2.21. The number of hydrogen-bond acceptors (Lipinski definition) is 14. The second-order valence-corrected chi connectivity index (χ2v) is 13.8. The highest BCUT2D eigenvalue weighted by molar-refractivity contribution is 8.14. The zero-order chi connectivity index (χ0) is 31.9. The third-order valence-electron chi connectivity index (χ3n) is 5.20. The van der Waals surface area contributed by atoms with Crippen LogP contribution in [0.25, 0.3) is 0 Å². The SMILES string of the molecule is CCOC(=O)CSC(CCCC(=NOS(=O)(=O)c1ccc(C)cc1)SCC(=O)OCC)=NOS(=O)(=O)c1ccc(C)cc1. The maximum atomic E-state index is 12.6. The molecule has 43 heavy (non-hydrogen) atoms. The maximum Gasteiger partial charge on any atom is 0.358 e. The standard InChI is InChI=1S/C27H34N2O10S4/c1-5-36-26(30)18-40-24(28-38-42(32,33)22-14-10-20(3)11-15-22)8-7-9-25(41-19-27(31)37-6-2)29-39-43(34,35)23-16-12-21(4)13-17-23/h10-17H,5-9,18-19H2,1-4H3. The average molecular weight is 675 g/mol. The van der Waals surface area contributed by atoms with Gasteiger partial charge in [0.2, 0.25) is 0 Å². The van der Waals surface area contributed by atoms with Crippen molar-refractivity contribution in [2.24, 2.45) is 10.3 Å². The minimum Gasteiger partial charge on any atom is -0.465 e. The topological polar surface area (TPSA) is 164 Å². The second-order valence-electron chi connectivity index (χ2n) is 8.69. The first-order chi connectivity index (χ1) is 20.4. The van der Waals surface area contributed by atoms with Crippen LogP contribution in [0.3, 0.4) is 0 Å². The number of carbonyl (C=O) groups excluding carboxylic acids is 2. The summed E-state index contributed by atoms with van der Waals surface area (Å²) < 4.78 is 70.1. The van der Waals surface area contributed by atoms with E-state index in [9.17, 15) is 26.4 Å². The number of oxime groups is 2. The van der Waals surface area contributed by atoms with Crippen molar-refractivity contribution in [2.45, 2.75) is 56.7 Å². The number of aryl methyl sites for hydroxylation is 2. The van der Waals surface area contributed by atoms with E-state index in [1.165, 1.54) is 24.3 Å². The van der Waals surface area contributed by atoms with E-state index in [4.69, 9.17) is 18.0 Å². The molecule has 0 atom stereocenters. The molecular formula is C27H34N2O10S4. The van der Waals surface area contributed by atoms with E-state index in [2.05, 4.69) is 10.3 Å². The Labute approximate surface area is 260 Å². The Morgan fingerprint density at radius 2 is 1.00 bits per heavy atom. The molecule has 2 aromatic rings. The Balaban J connectivity index is 2.18. The summed E-state index contributed by atoms with van der Waals surface area (Å²) in [5.41, 5.74) is 1.73. The molecule has 0 spiro atoms. The molecule has 0 aliphatic carbocycles. The van der Waals surface area contributed by atoms with Crippen LogP contribution in [0.5, 0.6) is 0 Å². The van der Waals surface area contributed by atoms with Gasteiger partial charge in [-0.3, -0.25) is 18.2 Å². The molecule has 0 saturated carbocycles. The van der Waals surface area contributed by atoms with Gasteiger partial charge in [-0.15, -0.1) is 0 Å². The summed E-state index contributed by atoms with van der Waals surface area (Å²) in [6.07, 6.45) is 0.500. The van der Waals surface area contributed by atoms with E-state index in [-0.39, 0.29) is 63.9 Å². The van der Waals surface area contributed by atoms with Gasteiger partial charge in [0, 0.05) is 0 Å². The van der Waals surface area contributed by atoms with E-state index in [1.807, 2.05) is 13.8 Å². The summed E-state index contributed by atoms with van der Waals surface area (Å²) in [6, 6.07) is 12.0. The van der Waals surface area contributed by atoms with Crippen LogP contribution in [0.1, 0.15) is 44.2 Å². The molecule has 0 radical (unpaired) electrons. The van der Waals surface area contributed by atoms with Crippen LogP contribution in [0.4, 0.5) is 0 Å². The number of esters is 2. The molecule has 0 aromatic heterocycles. The molecule has 0 aliphatic heterocycles. The fourth-order valence-corrected chi connectivity index (χ4v) is 6.12. The fourth-order valence-electron chi connectivity index (χ4n) is 3.05. The molecule has 12 nitrogen and oxygen atoms in total. The van der Waals surface area contributed by atoms with E-state index in [0.717, 1.165) is 34.7 Å². The van der Waals surface area contributed by atoms with Gasteiger partial charge in [-0.05, 0) is 71.2 Å². The zero-order valence-electron chi connectivity index (χ0n) is 24.2. The smallest absolute Gasteiger partial charge is 0.358 e. The molecule has 16 heteroatoms. The zero-order valence-corrected chi connectivity index (χ0v) is 27.4. The lowest BCUT2D eigenvalue weighted by Gasteiger charge is -2.09. The van der Waals surface area contributed by atoms with Crippen LogP contribution in [-0.4, -0.2) is 63.6 Å². The van der Waals surface area contributed by atoms with Crippen molar-refractivity contribution in [1.29, 1.82) is 0 Å². The molecule has 2 rings (SSSR count). The van der Waals surface area contributed by atoms with E-state index >= 15 is 0 Å². The van der Waals surface area contributed by atoms with Crippen LogP contribution >= 0.6 is 23.5 Å². The summed E-state index contributed by atoms with van der Waals surface area (Å²) in [5, 5.41) is 7.92. The molecule has 0 heterocycles. The Morgan fingerprint density at radius 3 is 1.33 bits per heavy atom. The molecule has 0 bridgehead atoms. The maximum absolute atomic E-state index is 12.6. The molecular weight excluding hydrogens is 641 g/mol. The molecule has 0 saturated heterocycles. The van der Waals surface area contributed by atoms with Gasteiger partial charge < -0.3 is 9.47 Å². The fraction of sp³-hybridized carbons (Fsp3) is 0.407. The van der Waals surface area contributed by atoms with E-state index in [1.54, 1.807) is 38.1 Å². The lowest BCUT2D eigenvalue weighted by Crippen LogP contribution is -2.11. The van der Waals surface area contributed by atoms with Gasteiger partial charge in [-0.1, -0.05) is 69.2 Å². The largest absolute Gasteiger partial charge is 0.465 e. The van der Waals surface area contributed by atoms with Gasteiger partial charge in [0.25, 0.3) is 0 Å². The monoisotopic (exact) mass is 674 g/mol. The average Bonchev–Trinajstić information content (AvgIpc) is 2.96. The Hall–Kier alpha value is -3.08. The Morgan fingerprint density at radius 1 is 0.651 bits per heavy atom. The lowest BCUT2D eigenvalue weighted by atomic mass is 10.2. The second kappa shape index (κ2) is 17.9. The van der Waals surface area contributed by atoms with Crippen molar-refractivity contribution < 1.29 is 44.5 Å². The number of ether oxygens (including phenoxy) is 2. The lowest BCUT2D eigenvalue weighted by molar-refractivity contribution is -0.140. The van der Waals surface area contributed by atoms with Gasteiger partial charge in [0.1, 0.15) is 19.9 Å². The van der Waals surface area contributed by atoms with Crippen molar-refractivity contribution in [2.75, 3.05) is 24.7 Å². The first-order valence-electron chi connectivity index (χ1n) is 13.1. The predicted octanol–water partition coefficient (Wildman–Crippen LogP) is 4.80. The molecule has 0 amide bonds. The van der Waals surface area contributed by atoms with Crippen molar-refractivity contribution >= 4 is 65.8 Å². The molecule has 0 fully saturated rings. The van der Waals surface area contributed by atoms with Crippen LogP contribution in [0.2, 0.25) is 0 Å². The third kappa shape index (κ3) is 13.4. The Bertz CT molecular complexity index is 1380. The van der Waals surface area contributed by atoms with Gasteiger partial charge in [0.05, 0.1) is 24.7 Å². The van der Waals surface area contributed by atoms with Gasteiger partial charge in [0.15, 0.2) is 0 Å². The minimum atomic E-state index is -4.22. The van der Waals surface area contributed by atoms with Crippen LogP contribution in [0.15, 0.2) is 68.6 Å². The molecule has 0 unspecified atom stereocenters. The van der Waals surface area contributed by atoms with E-state index in [0.29, 0.717) is 0 Å². The summed E-state index contributed by atoms with van der Waals surface area (Å²) in [7, 11) is -8.45. The molecule has 0 N–H and O–H groups in total. The minimum absolute atomic E-state index is 0.0895. The molecule has 2 aromatic carbocycles. The number of carbonyl (C=O) groups is 2. The highest BCUT2D eigenvalue weighted by Gasteiger charge is 2.19. The normalized spacial score (nSPS) is 12.5. The number of nitrogens with zero attached hydrogens (tertiary/aromatic N) is 2. The van der Waals surface area contributed by atoms with Crippen molar-refractivity contribution in [3.8, 4) is 0 Å². The molecule has 236 valence electrons. The van der Waals surface area contributed by atoms with Gasteiger partial charge in [-0.2, -0.15) is 16.8 Å². The van der Waals surface area contributed by atoms with Crippen molar-refractivity contribution in [1.82, 2.24) is 0 Å². The summed E-state index contributed by atoms with van der Waals surface area (Å²) in [4.78, 5) is 23.6. The third-order valence-corrected chi connectivity index (χ3v) is 9.42. The van der Waals surface area contributed by atoms with Crippen LogP contribution in [-0.2, 0) is 47.9 Å². The Kier molecular flexibility index (Phi) is 15.0. The summed E-state index contributed by atoms with van der Waals surface area (Å²) in [6.45, 7) is 7.28. The predicted molar refractivity (Wildman–Crippen MR) is 166 cm³/mol. The quantitative estimate of drug-likeness (QED) is 0.104. The summed E-state index contributed by atoms with van der Waals surface area (Å²) >= 11 is 1.88. The number of benzene rings is 2. The van der Waals surface area contributed by atoms with Crippen molar-refractivity contribution in [3.63, 3.8) is 0 Å². The first kappa shape index (κ1) is 36.1.